The number of hydrogen-bond acceptors (Lipinski definition) is 5. The van der Waals surface area contributed by atoms with E-state index in [4.69, 9.17) is 0 Å². The molecular formula is C11H11F5N6O. The number of alkyl halides is 5. The summed E-state index contributed by atoms with van der Waals surface area (Å²) in [4.78, 5) is 12.0. The van der Waals surface area contributed by atoms with Gasteiger partial charge in [0.15, 0.2) is 5.69 Å². The third kappa shape index (κ3) is 3.05. The van der Waals surface area contributed by atoms with Gasteiger partial charge in [-0.2, -0.15) is 31.3 Å². The van der Waals surface area contributed by atoms with Crippen LogP contribution in [0.25, 0.3) is 0 Å². The summed E-state index contributed by atoms with van der Waals surface area (Å²) >= 11 is 0. The van der Waals surface area contributed by atoms with Crippen LogP contribution in [0.3, 0.4) is 0 Å². The van der Waals surface area contributed by atoms with Crippen molar-refractivity contribution in [1.29, 1.82) is 0 Å². The van der Waals surface area contributed by atoms with Crippen molar-refractivity contribution < 1.29 is 26.7 Å². The van der Waals surface area contributed by atoms with E-state index in [-0.39, 0.29) is 17.0 Å². The van der Waals surface area contributed by atoms with E-state index < -0.39 is 29.5 Å². The second-order valence-electron chi connectivity index (χ2n) is 5.10. The Bertz CT molecular complexity index is 690. The first kappa shape index (κ1) is 17.0. The summed E-state index contributed by atoms with van der Waals surface area (Å²) in [5.41, 5.74) is -2.21. The summed E-state index contributed by atoms with van der Waals surface area (Å²) in [6.07, 6.45) is -4.06. The lowest BCUT2D eigenvalue weighted by Crippen LogP contribution is -2.39. The molecule has 0 bridgehead atoms. The molecule has 2 aromatic heterocycles. The molecule has 0 amide bonds. The minimum atomic E-state index is -5.90. The van der Waals surface area contributed by atoms with Crippen molar-refractivity contribution in [2.24, 2.45) is 5.92 Å². The Morgan fingerprint density at radius 2 is 1.87 bits per heavy atom. The smallest absolute Gasteiger partial charge is 0.243 e. The Morgan fingerprint density at radius 3 is 2.35 bits per heavy atom. The van der Waals surface area contributed by atoms with Crippen LogP contribution in [-0.4, -0.2) is 42.2 Å². The van der Waals surface area contributed by atoms with Crippen molar-refractivity contribution in [2.75, 3.05) is 0 Å². The SMILES string of the molecule is CC(C)Cc1nnn(C(=O)n2ccnn2)c1C(F)(F)C(F)(F)F. The number of carbonyl (C=O) groups excluding carboxylic acids is 1. The van der Waals surface area contributed by atoms with Crippen molar-refractivity contribution >= 4 is 6.03 Å². The maximum absolute atomic E-state index is 13.8. The van der Waals surface area contributed by atoms with E-state index in [1.165, 1.54) is 0 Å². The zero-order valence-corrected chi connectivity index (χ0v) is 11.9. The molecule has 2 aromatic rings. The molecule has 7 nitrogen and oxygen atoms in total. The van der Waals surface area contributed by atoms with Gasteiger partial charge in [0.1, 0.15) is 0 Å². The molecule has 23 heavy (non-hydrogen) atoms. The van der Waals surface area contributed by atoms with Gasteiger partial charge in [-0.15, -0.1) is 10.2 Å². The second kappa shape index (κ2) is 5.66. The molecule has 2 rings (SSSR count). The van der Waals surface area contributed by atoms with Gasteiger partial charge in [0.2, 0.25) is 0 Å². The normalized spacial score (nSPS) is 12.9. The van der Waals surface area contributed by atoms with Crippen LogP contribution >= 0.6 is 0 Å². The number of nitrogens with zero attached hydrogens (tertiary/aromatic N) is 6. The van der Waals surface area contributed by atoms with Crippen LogP contribution in [0.2, 0.25) is 0 Å². The predicted octanol–water partition coefficient (Wildman–Crippen LogP) is 2.24. The minimum absolute atomic E-state index is 0.0973. The first-order chi connectivity index (χ1) is 10.6. The van der Waals surface area contributed by atoms with Crippen LogP contribution in [0.4, 0.5) is 26.7 Å². The van der Waals surface area contributed by atoms with E-state index in [2.05, 4.69) is 20.6 Å². The van der Waals surface area contributed by atoms with Gasteiger partial charge in [0.05, 0.1) is 18.1 Å². The molecule has 0 aliphatic carbocycles. The number of hydrogen-bond donors (Lipinski definition) is 0. The lowest BCUT2D eigenvalue weighted by atomic mass is 10.0. The molecule has 0 unspecified atom stereocenters. The van der Waals surface area contributed by atoms with Gasteiger partial charge < -0.3 is 0 Å². The lowest BCUT2D eigenvalue weighted by Gasteiger charge is -2.21. The van der Waals surface area contributed by atoms with Crippen LogP contribution < -0.4 is 0 Å². The van der Waals surface area contributed by atoms with E-state index in [1.807, 2.05) is 0 Å². The van der Waals surface area contributed by atoms with Crippen molar-refractivity contribution in [1.82, 2.24) is 30.0 Å². The van der Waals surface area contributed by atoms with E-state index in [9.17, 15) is 26.7 Å². The van der Waals surface area contributed by atoms with Crippen molar-refractivity contribution in [3.05, 3.63) is 23.8 Å². The first-order valence-corrected chi connectivity index (χ1v) is 6.36. The Balaban J connectivity index is 2.60. The zero-order chi connectivity index (χ0) is 17.4. The molecule has 2 heterocycles. The highest BCUT2D eigenvalue weighted by Gasteiger charge is 2.62. The Hall–Kier alpha value is -2.40. The van der Waals surface area contributed by atoms with E-state index in [0.29, 0.717) is 4.68 Å². The molecule has 0 aliphatic heterocycles. The van der Waals surface area contributed by atoms with E-state index in [0.717, 1.165) is 12.4 Å². The van der Waals surface area contributed by atoms with Gasteiger partial charge in [-0.3, -0.25) is 0 Å². The van der Waals surface area contributed by atoms with Gasteiger partial charge in [-0.1, -0.05) is 24.3 Å². The Morgan fingerprint density at radius 1 is 1.22 bits per heavy atom. The minimum Gasteiger partial charge on any atom is -0.243 e. The summed E-state index contributed by atoms with van der Waals surface area (Å²) in [6, 6.07) is -1.34. The quantitative estimate of drug-likeness (QED) is 0.802. The standard InChI is InChI=1S/C11H11F5N6O/c1-6(2)5-7-8(10(12,13)11(14,15)16)22(20-18-7)9(23)21-4-3-17-19-21/h3-4,6H,5H2,1-2H3. The highest BCUT2D eigenvalue weighted by molar-refractivity contribution is 5.78. The van der Waals surface area contributed by atoms with Crippen LogP contribution in [0, 0.1) is 5.92 Å². The molecule has 0 aliphatic rings. The fourth-order valence-corrected chi connectivity index (χ4v) is 1.83. The number of aromatic nitrogens is 6. The number of carbonyl (C=O) groups is 1. The van der Waals surface area contributed by atoms with E-state index >= 15 is 0 Å². The van der Waals surface area contributed by atoms with Crippen molar-refractivity contribution in [3.8, 4) is 0 Å². The zero-order valence-electron chi connectivity index (χ0n) is 11.9. The first-order valence-electron chi connectivity index (χ1n) is 6.36. The van der Waals surface area contributed by atoms with Gasteiger partial charge in [0, 0.05) is 0 Å². The molecule has 0 fully saturated rings. The maximum atomic E-state index is 13.8. The van der Waals surface area contributed by atoms with Crippen LogP contribution in [0.5, 0.6) is 0 Å². The van der Waals surface area contributed by atoms with Crippen LogP contribution in [0.1, 0.15) is 25.2 Å². The predicted molar refractivity (Wildman–Crippen MR) is 64.7 cm³/mol. The fraction of sp³-hybridized carbons (Fsp3) is 0.545. The van der Waals surface area contributed by atoms with Gasteiger partial charge in [-0.05, 0) is 12.3 Å². The third-order valence-corrected chi connectivity index (χ3v) is 2.79. The lowest BCUT2D eigenvalue weighted by molar-refractivity contribution is -0.291. The Labute approximate surface area is 126 Å². The average Bonchev–Trinajstić information content (AvgIpc) is 3.04. The summed E-state index contributed by atoms with van der Waals surface area (Å²) < 4.78 is 66.3. The van der Waals surface area contributed by atoms with Gasteiger partial charge >= 0.3 is 18.1 Å². The van der Waals surface area contributed by atoms with Gasteiger partial charge in [-0.25, -0.2) is 4.79 Å². The highest BCUT2D eigenvalue weighted by Crippen LogP contribution is 2.45. The number of rotatable bonds is 3. The molecule has 126 valence electrons. The summed E-state index contributed by atoms with van der Waals surface area (Å²) in [5, 5.41) is 13.0. The molecule has 0 saturated heterocycles. The molecule has 0 N–H and O–H groups in total. The Kier molecular flexibility index (Phi) is 4.18. The molecule has 12 heteroatoms. The van der Waals surface area contributed by atoms with E-state index in [1.54, 1.807) is 13.8 Å². The van der Waals surface area contributed by atoms with Crippen molar-refractivity contribution in [3.63, 3.8) is 0 Å². The molecule has 0 spiro atoms. The summed E-state index contributed by atoms with van der Waals surface area (Å²) in [7, 11) is 0. The van der Waals surface area contributed by atoms with Gasteiger partial charge in [0.25, 0.3) is 0 Å². The highest BCUT2D eigenvalue weighted by atomic mass is 19.4. The number of halogens is 5. The molecule has 0 radical (unpaired) electrons. The van der Waals surface area contributed by atoms with Crippen LogP contribution in [0.15, 0.2) is 12.4 Å². The molecule has 0 saturated carbocycles. The maximum Gasteiger partial charge on any atom is 0.459 e. The summed E-state index contributed by atoms with van der Waals surface area (Å²) in [5.74, 6) is -5.57. The molecule has 0 atom stereocenters. The summed E-state index contributed by atoms with van der Waals surface area (Å²) in [6.45, 7) is 3.21. The third-order valence-electron chi connectivity index (χ3n) is 2.79. The average molecular weight is 338 g/mol. The molecule has 0 aromatic carbocycles. The van der Waals surface area contributed by atoms with Crippen LogP contribution in [-0.2, 0) is 12.3 Å². The monoisotopic (exact) mass is 338 g/mol. The fourth-order valence-electron chi connectivity index (χ4n) is 1.83. The second-order valence-corrected chi connectivity index (χ2v) is 5.10. The van der Waals surface area contributed by atoms with Crippen molar-refractivity contribution in [2.45, 2.75) is 32.4 Å². The topological polar surface area (TPSA) is 78.5 Å². The molecular weight excluding hydrogens is 327 g/mol. The largest absolute Gasteiger partial charge is 0.459 e.